The van der Waals surface area contributed by atoms with Crippen molar-refractivity contribution in [2.45, 2.75) is 0 Å². The average Bonchev–Trinajstić information content (AvgIpc) is 2.73. The van der Waals surface area contributed by atoms with Gasteiger partial charge in [-0.25, -0.2) is 14.4 Å². The zero-order chi connectivity index (χ0) is 12.7. The summed E-state index contributed by atoms with van der Waals surface area (Å²) in [6, 6.07) is 7.54. The van der Waals surface area contributed by atoms with Gasteiger partial charge in [0.05, 0.1) is 0 Å². The third-order valence-corrected chi connectivity index (χ3v) is 2.60. The molecule has 0 fully saturated rings. The Morgan fingerprint density at radius 3 is 2.83 bits per heavy atom. The van der Waals surface area contributed by atoms with Gasteiger partial charge in [0.1, 0.15) is 11.0 Å². The van der Waals surface area contributed by atoms with Gasteiger partial charge < -0.3 is 5.73 Å². The fraction of sp³-hybridized carbons (Fsp3) is 0. The highest BCUT2D eigenvalue weighted by Gasteiger charge is 2.10. The van der Waals surface area contributed by atoms with Crippen LogP contribution in [0.2, 0.25) is 5.15 Å². The molecule has 0 spiro atoms. The first-order chi connectivity index (χ1) is 8.63. The highest BCUT2D eigenvalue weighted by molar-refractivity contribution is 6.29. The monoisotopic (exact) mass is 263 g/mol. The molecule has 7 heteroatoms. The van der Waals surface area contributed by atoms with Crippen LogP contribution in [0.25, 0.3) is 17.0 Å². The molecule has 0 unspecified atom stereocenters. The SMILES string of the molecule is Nc1nc(Cl)cc2nc(-c3cccc(F)c3)nn12. The highest BCUT2D eigenvalue weighted by atomic mass is 35.5. The molecule has 0 aliphatic rings. The van der Waals surface area contributed by atoms with Gasteiger partial charge in [0, 0.05) is 11.6 Å². The van der Waals surface area contributed by atoms with Crippen LogP contribution in [0.5, 0.6) is 0 Å². The number of nitrogens with two attached hydrogens (primary N) is 1. The Bertz CT molecular complexity index is 739. The first-order valence-corrected chi connectivity index (χ1v) is 5.46. The summed E-state index contributed by atoms with van der Waals surface area (Å²) in [7, 11) is 0. The summed E-state index contributed by atoms with van der Waals surface area (Å²) < 4.78 is 14.5. The predicted molar refractivity (Wildman–Crippen MR) is 65.6 cm³/mol. The summed E-state index contributed by atoms with van der Waals surface area (Å²) in [5.41, 5.74) is 6.70. The van der Waals surface area contributed by atoms with E-state index in [1.54, 1.807) is 12.1 Å². The molecular formula is C11H7ClFN5. The molecule has 0 saturated heterocycles. The summed E-state index contributed by atoms with van der Waals surface area (Å²) in [5, 5.41) is 4.39. The van der Waals surface area contributed by atoms with Crippen molar-refractivity contribution in [1.82, 2.24) is 19.6 Å². The van der Waals surface area contributed by atoms with Crippen LogP contribution in [0.15, 0.2) is 30.3 Å². The summed E-state index contributed by atoms with van der Waals surface area (Å²) in [5.74, 6) is 0.147. The Kier molecular flexibility index (Phi) is 2.38. The first kappa shape index (κ1) is 10.9. The van der Waals surface area contributed by atoms with Crippen molar-refractivity contribution >= 4 is 23.2 Å². The number of hydrogen-bond donors (Lipinski definition) is 1. The number of rotatable bonds is 1. The summed E-state index contributed by atoms with van der Waals surface area (Å²) in [6.45, 7) is 0. The molecule has 1 aromatic carbocycles. The van der Waals surface area contributed by atoms with Crippen molar-refractivity contribution < 1.29 is 4.39 Å². The van der Waals surface area contributed by atoms with Gasteiger partial charge in [-0.2, -0.15) is 4.52 Å². The number of anilines is 1. The number of aromatic nitrogens is 4. The van der Waals surface area contributed by atoms with E-state index in [0.717, 1.165) is 0 Å². The molecule has 18 heavy (non-hydrogen) atoms. The second-order valence-corrected chi connectivity index (χ2v) is 4.04. The zero-order valence-electron chi connectivity index (χ0n) is 9.01. The van der Waals surface area contributed by atoms with Gasteiger partial charge in [0.25, 0.3) is 0 Å². The molecular weight excluding hydrogens is 257 g/mol. The Balaban J connectivity index is 2.22. The van der Waals surface area contributed by atoms with Crippen LogP contribution in [-0.4, -0.2) is 19.6 Å². The maximum Gasteiger partial charge on any atom is 0.224 e. The number of hydrogen-bond acceptors (Lipinski definition) is 4. The summed E-state index contributed by atoms with van der Waals surface area (Å²) in [4.78, 5) is 8.08. The van der Waals surface area contributed by atoms with Crippen LogP contribution in [0.4, 0.5) is 10.3 Å². The average molecular weight is 264 g/mol. The summed E-state index contributed by atoms with van der Waals surface area (Å²) >= 11 is 5.77. The maximum atomic E-state index is 13.1. The van der Waals surface area contributed by atoms with E-state index < -0.39 is 0 Å². The molecule has 0 saturated carbocycles. The van der Waals surface area contributed by atoms with Gasteiger partial charge in [-0.3, -0.25) is 0 Å². The molecule has 0 amide bonds. The lowest BCUT2D eigenvalue weighted by Crippen LogP contribution is -2.01. The number of nitrogens with zero attached hydrogens (tertiary/aromatic N) is 4. The molecule has 0 radical (unpaired) electrons. The maximum absolute atomic E-state index is 13.1. The molecule has 2 aromatic heterocycles. The Morgan fingerprint density at radius 1 is 1.22 bits per heavy atom. The fourth-order valence-electron chi connectivity index (χ4n) is 1.63. The fourth-order valence-corrected chi connectivity index (χ4v) is 1.82. The third-order valence-electron chi connectivity index (χ3n) is 2.40. The van der Waals surface area contributed by atoms with E-state index in [0.29, 0.717) is 17.0 Å². The van der Waals surface area contributed by atoms with Crippen LogP contribution in [0.3, 0.4) is 0 Å². The second kappa shape index (κ2) is 3.92. The molecule has 0 aliphatic heterocycles. The minimum atomic E-state index is -0.351. The lowest BCUT2D eigenvalue weighted by molar-refractivity contribution is 0.628. The Morgan fingerprint density at radius 2 is 2.06 bits per heavy atom. The van der Waals surface area contributed by atoms with Gasteiger partial charge in [0.15, 0.2) is 11.5 Å². The van der Waals surface area contributed by atoms with Crippen molar-refractivity contribution in [1.29, 1.82) is 0 Å². The molecule has 2 heterocycles. The van der Waals surface area contributed by atoms with Gasteiger partial charge in [-0.1, -0.05) is 23.7 Å². The summed E-state index contributed by atoms with van der Waals surface area (Å²) in [6.07, 6.45) is 0. The van der Waals surface area contributed by atoms with Gasteiger partial charge in [-0.05, 0) is 12.1 Å². The molecule has 0 atom stereocenters. The van der Waals surface area contributed by atoms with Crippen molar-refractivity contribution in [2.24, 2.45) is 0 Å². The first-order valence-electron chi connectivity index (χ1n) is 5.08. The zero-order valence-corrected chi connectivity index (χ0v) is 9.76. The Labute approximate surface area is 106 Å². The van der Waals surface area contributed by atoms with Crippen LogP contribution in [0.1, 0.15) is 0 Å². The normalized spacial score (nSPS) is 11.0. The van der Waals surface area contributed by atoms with E-state index in [1.165, 1.54) is 22.7 Å². The van der Waals surface area contributed by atoms with Crippen molar-refractivity contribution in [3.63, 3.8) is 0 Å². The van der Waals surface area contributed by atoms with Crippen molar-refractivity contribution in [3.05, 3.63) is 41.3 Å². The van der Waals surface area contributed by atoms with E-state index in [4.69, 9.17) is 17.3 Å². The smallest absolute Gasteiger partial charge is 0.224 e. The van der Waals surface area contributed by atoms with Crippen molar-refractivity contribution in [3.8, 4) is 11.4 Å². The largest absolute Gasteiger partial charge is 0.368 e. The lowest BCUT2D eigenvalue weighted by Gasteiger charge is -1.96. The van der Waals surface area contributed by atoms with Crippen molar-refractivity contribution in [2.75, 3.05) is 5.73 Å². The molecule has 5 nitrogen and oxygen atoms in total. The topological polar surface area (TPSA) is 69.1 Å². The number of fused-ring (bicyclic) bond motifs is 1. The Hall–Kier alpha value is -2.21. The molecule has 0 bridgehead atoms. The van der Waals surface area contributed by atoms with E-state index in [9.17, 15) is 4.39 Å². The minimum absolute atomic E-state index is 0.132. The van der Waals surface area contributed by atoms with Crippen LogP contribution < -0.4 is 5.73 Å². The lowest BCUT2D eigenvalue weighted by atomic mass is 10.2. The quantitative estimate of drug-likeness (QED) is 0.683. The van der Waals surface area contributed by atoms with E-state index in [-0.39, 0.29) is 16.9 Å². The van der Waals surface area contributed by atoms with Gasteiger partial charge in [0.2, 0.25) is 5.95 Å². The van der Waals surface area contributed by atoms with Crippen LogP contribution >= 0.6 is 11.6 Å². The number of halogens is 2. The van der Waals surface area contributed by atoms with Crippen LogP contribution in [0, 0.1) is 5.82 Å². The molecule has 90 valence electrons. The third kappa shape index (κ3) is 1.76. The van der Waals surface area contributed by atoms with Gasteiger partial charge in [-0.15, -0.1) is 5.10 Å². The molecule has 2 N–H and O–H groups in total. The second-order valence-electron chi connectivity index (χ2n) is 3.65. The number of benzene rings is 1. The standard InChI is InChI=1S/C11H7ClFN5/c12-8-5-9-16-10(17-18(9)11(14)15-8)6-2-1-3-7(13)4-6/h1-5H,(H2,14,15). The predicted octanol–water partition coefficient (Wildman–Crippen LogP) is 2.17. The highest BCUT2D eigenvalue weighted by Crippen LogP contribution is 2.19. The molecule has 0 aliphatic carbocycles. The minimum Gasteiger partial charge on any atom is -0.368 e. The number of nitrogen functional groups attached to an aromatic ring is 1. The molecule has 3 aromatic rings. The van der Waals surface area contributed by atoms with E-state index in [2.05, 4.69) is 15.1 Å². The van der Waals surface area contributed by atoms with Crippen LogP contribution in [-0.2, 0) is 0 Å². The van der Waals surface area contributed by atoms with E-state index in [1.807, 2.05) is 0 Å². The molecule has 3 rings (SSSR count). The van der Waals surface area contributed by atoms with Gasteiger partial charge >= 0.3 is 0 Å². The van der Waals surface area contributed by atoms with E-state index >= 15 is 0 Å².